The van der Waals surface area contributed by atoms with Crippen LogP contribution in [0.15, 0.2) is 81.7 Å². The maximum Gasteiger partial charge on any atom is 0.364 e. The zero-order valence-electron chi connectivity index (χ0n) is 31.2. The van der Waals surface area contributed by atoms with E-state index in [1.807, 2.05) is 33.8 Å². The molecule has 5 heteroatoms. The summed E-state index contributed by atoms with van der Waals surface area (Å²) in [5, 5.41) is 23.9. The van der Waals surface area contributed by atoms with Crippen molar-refractivity contribution in [3.8, 4) is 0 Å². The molecule has 0 saturated carbocycles. The van der Waals surface area contributed by atoms with Crippen LogP contribution in [-0.4, -0.2) is 26.7 Å². The fraction of sp³-hybridized carbons (Fsp3) is 0.585. The standard InChI is InChI=1S/C39H59O4P.C2H6/c1-10-12-13-14-20-32(8)25-27-39(28-26-33(9)22-16-19-30(5)6)36(41)34(24-23-31(7)21-15-18-29(3)4)37(42)44(38(39)43)35(40)17-11-2;1-2/h12-13,18-19,23,25-26H,10-11,14-17,20-22,24,27-28H2,1-9H3,(H-,40,41,42,43);1-2H3/p+1/b13-12+,31-23+,32-25+,33-26+;. The third kappa shape index (κ3) is 14.9. The Balaban J connectivity index is 0.00000991. The molecule has 0 aromatic rings. The highest BCUT2D eigenvalue weighted by Crippen LogP contribution is 2.51. The highest BCUT2D eigenvalue weighted by molar-refractivity contribution is 7.89. The van der Waals surface area contributed by atoms with Crippen molar-refractivity contribution < 1.29 is 19.8 Å². The Morgan fingerprint density at radius 3 is 1.63 bits per heavy atom. The van der Waals surface area contributed by atoms with E-state index in [0.717, 1.165) is 61.7 Å². The van der Waals surface area contributed by atoms with Crippen LogP contribution in [-0.2, 0) is 9.59 Å². The monoisotopic (exact) mass is 653 g/mol. The van der Waals surface area contributed by atoms with Crippen LogP contribution in [0.25, 0.3) is 0 Å². The van der Waals surface area contributed by atoms with E-state index in [1.165, 1.54) is 11.1 Å². The number of carbonyl (C=O) groups excluding carboxylic acids is 2. The molecule has 0 amide bonds. The maximum atomic E-state index is 13.9. The van der Waals surface area contributed by atoms with Crippen LogP contribution < -0.4 is 0 Å². The first-order valence-corrected chi connectivity index (χ1v) is 18.9. The van der Waals surface area contributed by atoms with Crippen molar-refractivity contribution >= 4 is 24.1 Å². The molecule has 258 valence electrons. The van der Waals surface area contributed by atoms with E-state index in [2.05, 4.69) is 84.9 Å². The van der Waals surface area contributed by atoms with Gasteiger partial charge in [0.25, 0.3) is 13.0 Å². The van der Waals surface area contributed by atoms with E-state index >= 15 is 0 Å². The molecule has 4 nitrogen and oxygen atoms in total. The molecule has 0 aromatic carbocycles. The SMILES string of the molecule is CC.CC/C=C/CC/C(C)=C/CC1(C/C=C(\C)CCC=C(C)C)C(O)=C(C/C=C(\C)CCC=C(C)C)C(=O)[P+](C(=O)CCC)=C1O. The summed E-state index contributed by atoms with van der Waals surface area (Å²) >= 11 is 0. The van der Waals surface area contributed by atoms with Gasteiger partial charge in [-0.3, -0.25) is 0 Å². The van der Waals surface area contributed by atoms with Gasteiger partial charge in [0.1, 0.15) is 11.2 Å². The molecule has 1 aliphatic heterocycles. The van der Waals surface area contributed by atoms with Crippen LogP contribution in [0.5, 0.6) is 0 Å². The smallest absolute Gasteiger partial charge is 0.364 e. The number of hydrogen-bond donors (Lipinski definition) is 2. The number of rotatable bonds is 19. The minimum Gasteiger partial charge on any atom is -0.510 e. The highest BCUT2D eigenvalue weighted by Gasteiger charge is 2.55. The van der Waals surface area contributed by atoms with Gasteiger partial charge in [-0.1, -0.05) is 98.1 Å². The van der Waals surface area contributed by atoms with Crippen molar-refractivity contribution in [3.05, 3.63) is 81.7 Å². The van der Waals surface area contributed by atoms with Crippen molar-refractivity contribution in [1.82, 2.24) is 0 Å². The summed E-state index contributed by atoms with van der Waals surface area (Å²) in [7, 11) is -2.10. The third-order valence-electron chi connectivity index (χ3n) is 8.10. The zero-order valence-corrected chi connectivity index (χ0v) is 32.1. The van der Waals surface area contributed by atoms with E-state index in [9.17, 15) is 19.8 Å². The minimum absolute atomic E-state index is 0.0697. The number of aliphatic hydroxyl groups excluding tert-OH is 2. The summed E-state index contributed by atoms with van der Waals surface area (Å²) in [6, 6.07) is 0. The molecular weight excluding hydrogens is 587 g/mol. The molecule has 0 saturated heterocycles. The summed E-state index contributed by atoms with van der Waals surface area (Å²) in [6.07, 6.45) is 23.1. The lowest BCUT2D eigenvalue weighted by Crippen LogP contribution is -2.38. The Morgan fingerprint density at radius 2 is 1.17 bits per heavy atom. The van der Waals surface area contributed by atoms with Gasteiger partial charge in [-0.05, 0) is 113 Å². The van der Waals surface area contributed by atoms with Crippen LogP contribution in [0, 0.1) is 5.41 Å². The Hall–Kier alpha value is -2.55. The first kappa shape index (κ1) is 43.5. The van der Waals surface area contributed by atoms with Gasteiger partial charge in [-0.25, -0.2) is 9.59 Å². The summed E-state index contributed by atoms with van der Waals surface area (Å²) in [5.74, 6) is -0.0697. The van der Waals surface area contributed by atoms with Crippen molar-refractivity contribution in [2.75, 3.05) is 0 Å². The topological polar surface area (TPSA) is 74.6 Å². The quantitative estimate of drug-likeness (QED) is 0.107. The van der Waals surface area contributed by atoms with Gasteiger partial charge < -0.3 is 10.2 Å². The normalized spacial score (nSPS) is 18.5. The van der Waals surface area contributed by atoms with E-state index in [-0.39, 0.29) is 35.2 Å². The van der Waals surface area contributed by atoms with Crippen LogP contribution in [0.4, 0.5) is 0 Å². The first-order valence-electron chi connectivity index (χ1n) is 17.5. The molecule has 1 aliphatic rings. The van der Waals surface area contributed by atoms with E-state index in [1.54, 1.807) is 0 Å². The molecule has 2 atom stereocenters. The lowest BCUT2D eigenvalue weighted by molar-refractivity contribution is -0.112. The Morgan fingerprint density at radius 1 is 0.696 bits per heavy atom. The Bertz CT molecular complexity index is 1240. The number of hydrogen-bond acceptors (Lipinski definition) is 3. The summed E-state index contributed by atoms with van der Waals surface area (Å²) in [4.78, 5) is 27.3. The highest BCUT2D eigenvalue weighted by atomic mass is 31.1. The van der Waals surface area contributed by atoms with Crippen molar-refractivity contribution in [2.45, 2.75) is 153 Å². The Labute approximate surface area is 283 Å². The number of carbonyl (C=O) groups is 2. The summed E-state index contributed by atoms with van der Waals surface area (Å²) in [5.41, 5.74) is 4.33. The van der Waals surface area contributed by atoms with Crippen LogP contribution >= 0.6 is 7.55 Å². The average molecular weight is 654 g/mol. The van der Waals surface area contributed by atoms with E-state index < -0.39 is 18.5 Å². The maximum absolute atomic E-state index is 13.9. The lowest BCUT2D eigenvalue weighted by Gasteiger charge is -2.32. The average Bonchev–Trinajstić information content (AvgIpc) is 3.00. The second kappa shape index (κ2) is 23.7. The zero-order chi connectivity index (χ0) is 35.3. The second-order valence-electron chi connectivity index (χ2n) is 12.8. The van der Waals surface area contributed by atoms with Gasteiger partial charge in [0.2, 0.25) is 0 Å². The van der Waals surface area contributed by atoms with Crippen LogP contribution in [0.1, 0.15) is 153 Å². The molecule has 1 rings (SSSR count). The summed E-state index contributed by atoms with van der Waals surface area (Å²) < 4.78 is 0. The predicted molar refractivity (Wildman–Crippen MR) is 203 cm³/mol. The van der Waals surface area contributed by atoms with E-state index in [4.69, 9.17) is 0 Å². The van der Waals surface area contributed by atoms with Crippen LogP contribution in [0.2, 0.25) is 0 Å². The second-order valence-corrected chi connectivity index (χ2v) is 14.8. The molecule has 0 aromatic heterocycles. The van der Waals surface area contributed by atoms with Gasteiger partial charge in [-0.2, -0.15) is 0 Å². The molecule has 46 heavy (non-hydrogen) atoms. The third-order valence-corrected chi connectivity index (χ3v) is 10.3. The molecule has 0 radical (unpaired) electrons. The summed E-state index contributed by atoms with van der Waals surface area (Å²) in [6.45, 7) is 22.6. The molecule has 0 bridgehead atoms. The molecule has 1 heterocycles. The molecule has 2 N–H and O–H groups in total. The van der Waals surface area contributed by atoms with Gasteiger partial charge in [0.15, 0.2) is 0 Å². The van der Waals surface area contributed by atoms with Gasteiger partial charge in [0, 0.05) is 6.42 Å². The first-order chi connectivity index (χ1) is 21.8. The molecular formula is C41H66O4P+. The van der Waals surface area contributed by atoms with E-state index in [0.29, 0.717) is 19.3 Å². The molecule has 0 aliphatic carbocycles. The largest absolute Gasteiger partial charge is 0.510 e. The molecule has 2 unspecified atom stereocenters. The van der Waals surface area contributed by atoms with Gasteiger partial charge >= 0.3 is 11.0 Å². The van der Waals surface area contributed by atoms with Crippen molar-refractivity contribution in [2.24, 2.45) is 5.41 Å². The fourth-order valence-corrected chi connectivity index (χ4v) is 7.48. The minimum atomic E-state index is -2.10. The predicted octanol–water partition coefficient (Wildman–Crippen LogP) is 12.9. The van der Waals surface area contributed by atoms with Crippen molar-refractivity contribution in [1.29, 1.82) is 0 Å². The number of aliphatic hydroxyl groups is 2. The van der Waals surface area contributed by atoms with Gasteiger partial charge in [-0.15, -0.1) is 0 Å². The fourth-order valence-electron chi connectivity index (χ4n) is 5.19. The molecule has 0 fully saturated rings. The molecule has 0 spiro atoms. The Kier molecular flexibility index (Phi) is 22.4. The van der Waals surface area contributed by atoms with Crippen LogP contribution in [0.3, 0.4) is 0 Å². The van der Waals surface area contributed by atoms with Gasteiger partial charge in [0.05, 0.1) is 12.0 Å². The lowest BCUT2D eigenvalue weighted by atomic mass is 9.76. The van der Waals surface area contributed by atoms with Crippen molar-refractivity contribution in [3.63, 3.8) is 0 Å². The number of allylic oxidation sites excluding steroid dienone is 13.